The van der Waals surface area contributed by atoms with Gasteiger partial charge in [-0.25, -0.2) is 0 Å². The largest absolute Gasteiger partial charge is 0.496 e. The number of aryl methyl sites for hydroxylation is 2. The van der Waals surface area contributed by atoms with E-state index in [2.05, 4.69) is 26.3 Å². The van der Waals surface area contributed by atoms with Gasteiger partial charge in [-0.1, -0.05) is 0 Å². The molecule has 0 fully saturated rings. The lowest BCUT2D eigenvalue weighted by atomic mass is 10.2. The summed E-state index contributed by atoms with van der Waals surface area (Å²) in [7, 11) is 3.26. The van der Waals surface area contributed by atoms with Crippen LogP contribution < -0.4 is 15.8 Å². The van der Waals surface area contributed by atoms with Crippen molar-refractivity contribution in [1.29, 1.82) is 0 Å². The second-order valence-electron chi connectivity index (χ2n) is 4.27. The number of nitrogens with one attached hydrogen (secondary N) is 1. The first-order valence-corrected chi connectivity index (χ1v) is 6.67. The van der Waals surface area contributed by atoms with Crippen molar-refractivity contribution in [3.8, 4) is 5.75 Å². The van der Waals surface area contributed by atoms with E-state index in [-0.39, 0.29) is 5.91 Å². The van der Waals surface area contributed by atoms with Crippen LogP contribution in [0.5, 0.6) is 5.75 Å². The second kappa shape index (κ2) is 5.54. The fraction of sp³-hybridized carbons (Fsp3) is 0.231. The summed E-state index contributed by atoms with van der Waals surface area (Å²) >= 11 is 3.37. The maximum atomic E-state index is 12.2. The van der Waals surface area contributed by atoms with Crippen LogP contribution in [0.15, 0.2) is 22.7 Å². The molecule has 0 saturated heterocycles. The van der Waals surface area contributed by atoms with Gasteiger partial charge in [0.2, 0.25) is 0 Å². The van der Waals surface area contributed by atoms with E-state index >= 15 is 0 Å². The van der Waals surface area contributed by atoms with Gasteiger partial charge in [-0.05, 0) is 41.1 Å². The van der Waals surface area contributed by atoms with Gasteiger partial charge in [0.1, 0.15) is 11.4 Å². The van der Waals surface area contributed by atoms with Crippen LogP contribution in [0.1, 0.15) is 16.2 Å². The number of hydrogen-bond acceptors (Lipinski definition) is 4. The van der Waals surface area contributed by atoms with E-state index < -0.39 is 0 Å². The number of carbonyl (C=O) groups is 1. The van der Waals surface area contributed by atoms with Crippen molar-refractivity contribution in [2.75, 3.05) is 18.2 Å². The highest BCUT2D eigenvalue weighted by atomic mass is 79.9. The Labute approximate surface area is 125 Å². The lowest BCUT2D eigenvalue weighted by Crippen LogP contribution is -2.17. The Morgan fingerprint density at radius 3 is 2.70 bits per heavy atom. The molecule has 2 aromatic rings. The van der Waals surface area contributed by atoms with E-state index in [0.29, 0.717) is 28.5 Å². The maximum absolute atomic E-state index is 12.2. The molecule has 0 bridgehead atoms. The van der Waals surface area contributed by atoms with Crippen LogP contribution >= 0.6 is 15.9 Å². The third-order valence-electron chi connectivity index (χ3n) is 2.89. The molecule has 1 aromatic heterocycles. The summed E-state index contributed by atoms with van der Waals surface area (Å²) in [6.45, 7) is 1.76. The zero-order valence-corrected chi connectivity index (χ0v) is 13.0. The van der Waals surface area contributed by atoms with Gasteiger partial charge in [0.25, 0.3) is 5.91 Å². The molecule has 6 nitrogen and oxygen atoms in total. The number of carbonyl (C=O) groups excluding carboxylic acids is 1. The highest BCUT2D eigenvalue weighted by Crippen LogP contribution is 2.28. The molecule has 0 saturated carbocycles. The molecule has 7 heteroatoms. The fourth-order valence-corrected chi connectivity index (χ4v) is 2.42. The molecule has 20 heavy (non-hydrogen) atoms. The van der Waals surface area contributed by atoms with Gasteiger partial charge in [-0.3, -0.25) is 9.48 Å². The average molecular weight is 339 g/mol. The molecule has 0 atom stereocenters. The number of amides is 1. The van der Waals surface area contributed by atoms with Crippen molar-refractivity contribution in [2.45, 2.75) is 6.92 Å². The minimum atomic E-state index is -0.303. The van der Waals surface area contributed by atoms with Crippen LogP contribution in [-0.4, -0.2) is 22.8 Å². The monoisotopic (exact) mass is 338 g/mol. The predicted octanol–water partition coefficient (Wildman–Crippen LogP) is 2.33. The first-order valence-electron chi connectivity index (χ1n) is 5.88. The Morgan fingerprint density at radius 2 is 2.20 bits per heavy atom. The Morgan fingerprint density at radius 1 is 1.50 bits per heavy atom. The first kappa shape index (κ1) is 14.4. The normalized spacial score (nSPS) is 10.4. The van der Waals surface area contributed by atoms with Gasteiger partial charge >= 0.3 is 0 Å². The summed E-state index contributed by atoms with van der Waals surface area (Å²) in [6, 6.07) is 5.27. The van der Waals surface area contributed by atoms with Gasteiger partial charge in [0, 0.05) is 12.7 Å². The summed E-state index contributed by atoms with van der Waals surface area (Å²) < 4.78 is 7.36. The van der Waals surface area contributed by atoms with Crippen molar-refractivity contribution < 1.29 is 9.53 Å². The van der Waals surface area contributed by atoms with E-state index in [1.165, 1.54) is 4.68 Å². The maximum Gasteiger partial charge on any atom is 0.276 e. The molecule has 1 amide bonds. The molecule has 0 radical (unpaired) electrons. The molecule has 1 heterocycles. The quantitative estimate of drug-likeness (QED) is 0.899. The van der Waals surface area contributed by atoms with E-state index in [9.17, 15) is 4.79 Å². The Bertz CT molecular complexity index is 667. The number of nitrogens with zero attached hydrogens (tertiary/aromatic N) is 2. The van der Waals surface area contributed by atoms with Crippen LogP contribution in [0.2, 0.25) is 0 Å². The molecule has 2 rings (SSSR count). The summed E-state index contributed by atoms with van der Waals surface area (Å²) in [5.41, 5.74) is 7.86. The van der Waals surface area contributed by atoms with Gasteiger partial charge in [0.05, 0.1) is 23.0 Å². The number of aromatic nitrogens is 2. The van der Waals surface area contributed by atoms with Crippen LogP contribution in [0.25, 0.3) is 0 Å². The number of nitrogen functional groups attached to an aromatic ring is 1. The average Bonchev–Trinajstić information content (AvgIpc) is 2.63. The van der Waals surface area contributed by atoms with Crippen molar-refractivity contribution in [3.63, 3.8) is 0 Å². The molecule has 0 aliphatic heterocycles. The topological polar surface area (TPSA) is 82.2 Å². The number of anilines is 2. The van der Waals surface area contributed by atoms with Gasteiger partial charge in [-0.2, -0.15) is 5.10 Å². The van der Waals surface area contributed by atoms with Gasteiger partial charge in [0.15, 0.2) is 0 Å². The van der Waals surface area contributed by atoms with Crippen LogP contribution in [0.3, 0.4) is 0 Å². The molecule has 0 aliphatic rings. The lowest BCUT2D eigenvalue weighted by Gasteiger charge is -2.09. The smallest absolute Gasteiger partial charge is 0.276 e. The van der Waals surface area contributed by atoms with Crippen molar-refractivity contribution in [3.05, 3.63) is 34.1 Å². The zero-order chi connectivity index (χ0) is 14.9. The van der Waals surface area contributed by atoms with E-state index in [0.717, 1.165) is 4.47 Å². The van der Waals surface area contributed by atoms with E-state index in [1.807, 2.05) is 0 Å². The Balaban J connectivity index is 2.26. The molecule has 1 aromatic carbocycles. The number of halogens is 1. The van der Waals surface area contributed by atoms with Gasteiger partial charge in [-0.15, -0.1) is 0 Å². The summed E-state index contributed by atoms with van der Waals surface area (Å²) in [4.78, 5) is 12.2. The molecule has 106 valence electrons. The van der Waals surface area contributed by atoms with E-state index in [4.69, 9.17) is 10.5 Å². The number of benzene rings is 1. The molecule has 3 N–H and O–H groups in total. The van der Waals surface area contributed by atoms with Gasteiger partial charge < -0.3 is 15.8 Å². The number of methoxy groups -OCH3 is 1. The first-order chi connectivity index (χ1) is 9.43. The second-order valence-corrected chi connectivity index (χ2v) is 5.13. The molecule has 0 aliphatic carbocycles. The summed E-state index contributed by atoms with van der Waals surface area (Å²) in [5.74, 6) is 0.390. The molecular weight excluding hydrogens is 324 g/mol. The Kier molecular flexibility index (Phi) is 3.99. The fourth-order valence-electron chi connectivity index (χ4n) is 1.88. The van der Waals surface area contributed by atoms with Crippen LogP contribution in [-0.2, 0) is 7.05 Å². The van der Waals surface area contributed by atoms with Crippen molar-refractivity contribution in [2.24, 2.45) is 7.05 Å². The highest BCUT2D eigenvalue weighted by Gasteiger charge is 2.18. The van der Waals surface area contributed by atoms with Crippen LogP contribution in [0, 0.1) is 6.92 Å². The minimum absolute atomic E-state index is 0.303. The number of hydrogen-bond donors (Lipinski definition) is 2. The summed E-state index contributed by atoms with van der Waals surface area (Å²) in [5, 5.41) is 6.90. The number of nitrogens with two attached hydrogens (primary N) is 1. The molecule has 0 spiro atoms. The SMILES string of the molecule is COc1ccc(NC(=O)c2c(N)c(C)nn2C)cc1Br. The standard InChI is InChI=1S/C13H15BrN4O2/c1-7-11(15)12(18(2)17-7)13(19)16-8-4-5-10(20-3)9(14)6-8/h4-6H,15H2,1-3H3,(H,16,19). The van der Waals surface area contributed by atoms with E-state index in [1.54, 1.807) is 39.3 Å². The lowest BCUT2D eigenvalue weighted by molar-refractivity contribution is 0.101. The zero-order valence-electron chi connectivity index (χ0n) is 11.4. The minimum Gasteiger partial charge on any atom is -0.496 e. The van der Waals surface area contributed by atoms with Crippen LogP contribution in [0.4, 0.5) is 11.4 Å². The third-order valence-corrected chi connectivity index (χ3v) is 3.51. The third kappa shape index (κ3) is 2.62. The van der Waals surface area contributed by atoms with Crippen molar-refractivity contribution in [1.82, 2.24) is 9.78 Å². The number of ether oxygens (including phenoxy) is 1. The molecule has 0 unspecified atom stereocenters. The highest BCUT2D eigenvalue weighted by molar-refractivity contribution is 9.10. The molecular formula is C13H15BrN4O2. The number of rotatable bonds is 3. The Hall–Kier alpha value is -2.02. The summed E-state index contributed by atoms with van der Waals surface area (Å²) in [6.07, 6.45) is 0. The van der Waals surface area contributed by atoms with Crippen molar-refractivity contribution >= 4 is 33.2 Å². The predicted molar refractivity (Wildman–Crippen MR) is 81.0 cm³/mol.